The summed E-state index contributed by atoms with van der Waals surface area (Å²) in [6.45, 7) is 1.72. The van der Waals surface area contributed by atoms with Crippen molar-refractivity contribution in [3.05, 3.63) is 23.8 Å². The lowest BCUT2D eigenvalue weighted by Gasteiger charge is -2.21. The maximum atomic E-state index is 11.8. The molecule has 0 radical (unpaired) electrons. The van der Waals surface area contributed by atoms with Gasteiger partial charge in [0.05, 0.1) is 5.92 Å². The number of fused-ring (bicyclic) bond motifs is 1. The molecule has 1 amide bonds. The predicted molar refractivity (Wildman–Crippen MR) is 68.6 cm³/mol. The van der Waals surface area contributed by atoms with E-state index in [0.717, 1.165) is 5.56 Å². The molecule has 0 bridgehead atoms. The Hall–Kier alpha value is -2.24. The molecule has 6 nitrogen and oxygen atoms in total. The fraction of sp³-hybridized carbons (Fsp3) is 0.429. The van der Waals surface area contributed by atoms with E-state index >= 15 is 0 Å². The number of benzene rings is 1. The van der Waals surface area contributed by atoms with Crippen molar-refractivity contribution >= 4 is 11.9 Å². The summed E-state index contributed by atoms with van der Waals surface area (Å²) in [5.74, 6) is -0.249. The van der Waals surface area contributed by atoms with E-state index in [9.17, 15) is 9.59 Å². The van der Waals surface area contributed by atoms with Crippen LogP contribution in [0.3, 0.4) is 0 Å². The molecule has 3 rings (SSSR count). The third kappa shape index (κ3) is 2.41. The van der Waals surface area contributed by atoms with Crippen LogP contribution in [-0.4, -0.2) is 41.6 Å². The monoisotopic (exact) mass is 277 g/mol. The lowest BCUT2D eigenvalue weighted by molar-refractivity contribution is -0.141. The van der Waals surface area contributed by atoms with E-state index < -0.39 is 11.9 Å². The first-order chi connectivity index (χ1) is 9.63. The van der Waals surface area contributed by atoms with Gasteiger partial charge in [0.15, 0.2) is 11.5 Å². The molecule has 0 spiro atoms. The zero-order valence-electron chi connectivity index (χ0n) is 10.9. The Balaban J connectivity index is 1.72. The fourth-order valence-corrected chi connectivity index (χ4v) is 2.50. The molecule has 106 valence electrons. The highest BCUT2D eigenvalue weighted by Crippen LogP contribution is 2.31. The molecule has 6 heteroatoms. The van der Waals surface area contributed by atoms with Crippen LogP contribution in [0.1, 0.15) is 12.0 Å². The number of rotatable bonds is 3. The average Bonchev–Trinajstić information content (AvgIpc) is 2.80. The van der Waals surface area contributed by atoms with Gasteiger partial charge in [-0.1, -0.05) is 6.07 Å². The van der Waals surface area contributed by atoms with Crippen LogP contribution < -0.4 is 9.47 Å². The number of likely N-dealkylation sites (tertiary alicyclic amines) is 1. The molecule has 2 aliphatic rings. The van der Waals surface area contributed by atoms with Crippen molar-refractivity contribution in [1.29, 1.82) is 0 Å². The molecule has 1 aromatic carbocycles. The maximum absolute atomic E-state index is 11.8. The van der Waals surface area contributed by atoms with E-state index in [1.165, 1.54) is 0 Å². The number of amides is 1. The molecule has 1 fully saturated rings. The van der Waals surface area contributed by atoms with Gasteiger partial charge < -0.3 is 19.5 Å². The summed E-state index contributed by atoms with van der Waals surface area (Å²) in [6, 6.07) is 5.53. The van der Waals surface area contributed by atoms with Crippen molar-refractivity contribution in [2.24, 2.45) is 5.92 Å². The van der Waals surface area contributed by atoms with Gasteiger partial charge in [0, 0.05) is 19.5 Å². The second-order valence-electron chi connectivity index (χ2n) is 4.99. The molecule has 0 aromatic heterocycles. The molecule has 1 unspecified atom stereocenters. The number of carbonyl (C=O) groups is 2. The summed E-state index contributed by atoms with van der Waals surface area (Å²) >= 11 is 0. The molecule has 20 heavy (non-hydrogen) atoms. The van der Waals surface area contributed by atoms with E-state index in [1.54, 1.807) is 4.90 Å². The zero-order valence-corrected chi connectivity index (χ0v) is 10.9. The lowest BCUT2D eigenvalue weighted by atomic mass is 10.1. The van der Waals surface area contributed by atoms with Crippen LogP contribution in [0.25, 0.3) is 0 Å². The maximum Gasteiger partial charge on any atom is 0.308 e. The summed E-state index contributed by atoms with van der Waals surface area (Å²) in [6.07, 6.45) is 0.0832. The van der Waals surface area contributed by atoms with Gasteiger partial charge in [-0.15, -0.1) is 0 Å². The Bertz CT molecular complexity index is 556. The van der Waals surface area contributed by atoms with Crippen LogP contribution in [-0.2, 0) is 16.1 Å². The van der Waals surface area contributed by atoms with E-state index in [0.29, 0.717) is 31.3 Å². The van der Waals surface area contributed by atoms with Crippen molar-refractivity contribution in [1.82, 2.24) is 4.90 Å². The molecule has 1 N–H and O–H groups in total. The molecular formula is C14H15NO5. The Morgan fingerprint density at radius 2 is 2.05 bits per heavy atom. The predicted octanol–water partition coefficient (Wildman–Crippen LogP) is 0.891. The third-order valence-corrected chi connectivity index (χ3v) is 3.54. The molecule has 0 saturated carbocycles. The number of hydrogen-bond acceptors (Lipinski definition) is 4. The summed E-state index contributed by atoms with van der Waals surface area (Å²) in [4.78, 5) is 24.3. The van der Waals surface area contributed by atoms with Crippen LogP contribution in [0.5, 0.6) is 11.5 Å². The van der Waals surface area contributed by atoms with Crippen LogP contribution >= 0.6 is 0 Å². The van der Waals surface area contributed by atoms with Crippen molar-refractivity contribution in [2.45, 2.75) is 13.0 Å². The largest absolute Gasteiger partial charge is 0.486 e. The molecule has 1 aromatic rings. The zero-order chi connectivity index (χ0) is 14.1. The smallest absolute Gasteiger partial charge is 0.308 e. The van der Waals surface area contributed by atoms with Crippen molar-refractivity contribution in [3.63, 3.8) is 0 Å². The number of carbonyl (C=O) groups excluding carboxylic acids is 1. The number of hydrogen-bond donors (Lipinski definition) is 1. The normalized spacial score (nSPS) is 21.1. The minimum Gasteiger partial charge on any atom is -0.486 e. The first-order valence-electron chi connectivity index (χ1n) is 6.52. The van der Waals surface area contributed by atoms with Gasteiger partial charge in [-0.05, 0) is 17.7 Å². The summed E-state index contributed by atoms with van der Waals surface area (Å²) in [7, 11) is 0. The molecular weight excluding hydrogens is 262 g/mol. The number of carboxylic acid groups (broad SMARTS) is 1. The van der Waals surface area contributed by atoms with Crippen molar-refractivity contribution in [2.75, 3.05) is 19.8 Å². The van der Waals surface area contributed by atoms with Crippen molar-refractivity contribution in [3.8, 4) is 11.5 Å². The van der Waals surface area contributed by atoms with Gasteiger partial charge in [-0.25, -0.2) is 0 Å². The summed E-state index contributed by atoms with van der Waals surface area (Å²) in [5, 5.41) is 8.96. The van der Waals surface area contributed by atoms with Crippen molar-refractivity contribution < 1.29 is 24.2 Å². The first kappa shape index (κ1) is 12.8. The average molecular weight is 277 g/mol. The van der Waals surface area contributed by atoms with Gasteiger partial charge in [-0.2, -0.15) is 0 Å². The molecule has 2 heterocycles. The van der Waals surface area contributed by atoms with Gasteiger partial charge in [-0.3, -0.25) is 9.59 Å². The Morgan fingerprint density at radius 3 is 2.75 bits per heavy atom. The highest BCUT2D eigenvalue weighted by molar-refractivity contribution is 5.86. The standard InChI is InChI=1S/C14H15NO5/c16-13-6-10(14(17)18)8-15(13)7-9-1-2-11-12(5-9)20-4-3-19-11/h1-2,5,10H,3-4,6-8H2,(H,17,18). The quantitative estimate of drug-likeness (QED) is 0.888. The Kier molecular flexibility index (Phi) is 3.22. The van der Waals surface area contributed by atoms with Gasteiger partial charge in [0.1, 0.15) is 13.2 Å². The van der Waals surface area contributed by atoms with E-state index in [2.05, 4.69) is 0 Å². The van der Waals surface area contributed by atoms with Gasteiger partial charge >= 0.3 is 5.97 Å². The second kappa shape index (κ2) is 5.03. The Labute approximate surface area is 115 Å². The van der Waals surface area contributed by atoms with E-state index in [4.69, 9.17) is 14.6 Å². The van der Waals surface area contributed by atoms with E-state index in [1.807, 2.05) is 18.2 Å². The molecule has 1 atom stereocenters. The summed E-state index contributed by atoms with van der Waals surface area (Å²) < 4.78 is 10.9. The minimum atomic E-state index is -0.914. The summed E-state index contributed by atoms with van der Waals surface area (Å²) in [5.41, 5.74) is 0.911. The SMILES string of the molecule is O=C(O)C1CC(=O)N(Cc2ccc3c(c2)OCCO3)C1. The van der Waals surface area contributed by atoms with Crippen LogP contribution in [0.15, 0.2) is 18.2 Å². The number of aliphatic carboxylic acids is 1. The lowest BCUT2D eigenvalue weighted by Crippen LogP contribution is -2.26. The highest BCUT2D eigenvalue weighted by atomic mass is 16.6. The molecule has 2 aliphatic heterocycles. The fourth-order valence-electron chi connectivity index (χ4n) is 2.50. The molecule has 1 saturated heterocycles. The Morgan fingerprint density at radius 1 is 1.30 bits per heavy atom. The minimum absolute atomic E-state index is 0.0832. The number of ether oxygens (including phenoxy) is 2. The topological polar surface area (TPSA) is 76.1 Å². The van der Waals surface area contributed by atoms with Crippen LogP contribution in [0.4, 0.5) is 0 Å². The number of carboxylic acids is 1. The first-order valence-corrected chi connectivity index (χ1v) is 6.52. The second-order valence-corrected chi connectivity index (χ2v) is 4.99. The van der Waals surface area contributed by atoms with Gasteiger partial charge in [0.2, 0.25) is 5.91 Å². The highest BCUT2D eigenvalue weighted by Gasteiger charge is 2.34. The van der Waals surface area contributed by atoms with Crippen LogP contribution in [0, 0.1) is 5.92 Å². The third-order valence-electron chi connectivity index (χ3n) is 3.54. The van der Waals surface area contributed by atoms with Crippen LogP contribution in [0.2, 0.25) is 0 Å². The number of nitrogens with zero attached hydrogens (tertiary/aromatic N) is 1. The molecule has 0 aliphatic carbocycles. The van der Waals surface area contributed by atoms with E-state index in [-0.39, 0.29) is 18.9 Å². The van der Waals surface area contributed by atoms with Gasteiger partial charge in [0.25, 0.3) is 0 Å².